The third kappa shape index (κ3) is 3.51. The van der Waals surface area contributed by atoms with Crippen LogP contribution >= 0.6 is 0 Å². The van der Waals surface area contributed by atoms with Crippen molar-refractivity contribution in [3.05, 3.63) is 53.6 Å². The number of nitrogens with one attached hydrogen (secondary N) is 1. The normalized spacial score (nSPS) is 10.0. The lowest BCUT2D eigenvalue weighted by Crippen LogP contribution is -2.23. The summed E-state index contributed by atoms with van der Waals surface area (Å²) in [7, 11) is 1.62. The highest BCUT2D eigenvalue weighted by molar-refractivity contribution is 5.92. The van der Waals surface area contributed by atoms with Crippen molar-refractivity contribution < 1.29 is 9.53 Å². The highest BCUT2D eigenvalue weighted by atomic mass is 16.5. The van der Waals surface area contributed by atoms with Crippen molar-refractivity contribution in [1.29, 1.82) is 0 Å². The summed E-state index contributed by atoms with van der Waals surface area (Å²) in [5.74, 6) is 0.586. The molecule has 2 aromatic rings. The van der Waals surface area contributed by atoms with E-state index >= 15 is 0 Å². The van der Waals surface area contributed by atoms with E-state index in [2.05, 4.69) is 15.3 Å². The number of hydrogen-bond donors (Lipinski definition) is 1. The summed E-state index contributed by atoms with van der Waals surface area (Å²) in [6.45, 7) is 2.27. The summed E-state index contributed by atoms with van der Waals surface area (Å²) in [4.78, 5) is 19.8. The zero-order valence-electron chi connectivity index (χ0n) is 10.9. The van der Waals surface area contributed by atoms with Crippen molar-refractivity contribution >= 4 is 5.91 Å². The highest BCUT2D eigenvalue weighted by Crippen LogP contribution is 2.11. The Balaban J connectivity index is 1.96. The molecule has 19 heavy (non-hydrogen) atoms. The van der Waals surface area contributed by atoms with Gasteiger partial charge in [-0.1, -0.05) is 12.1 Å². The first kappa shape index (κ1) is 13.0. The molecule has 0 atom stereocenters. The number of carbonyl (C=O) groups is 1. The summed E-state index contributed by atoms with van der Waals surface area (Å²) in [5, 5.41) is 2.81. The van der Waals surface area contributed by atoms with Gasteiger partial charge in [-0.05, 0) is 30.7 Å². The summed E-state index contributed by atoms with van der Waals surface area (Å²) < 4.78 is 5.07. The maximum Gasteiger partial charge on any atom is 0.270 e. The Labute approximate surface area is 111 Å². The number of ether oxygens (including phenoxy) is 1. The van der Waals surface area contributed by atoms with Gasteiger partial charge in [-0.15, -0.1) is 0 Å². The Morgan fingerprint density at radius 1 is 1.26 bits per heavy atom. The van der Waals surface area contributed by atoms with Crippen LogP contribution in [0.3, 0.4) is 0 Å². The van der Waals surface area contributed by atoms with Gasteiger partial charge in [0.15, 0.2) is 0 Å². The molecule has 1 amide bonds. The van der Waals surface area contributed by atoms with E-state index < -0.39 is 0 Å². The molecular formula is C14H15N3O2. The van der Waals surface area contributed by atoms with Crippen LogP contribution in [0, 0.1) is 6.92 Å². The summed E-state index contributed by atoms with van der Waals surface area (Å²) in [6, 6.07) is 9.19. The third-order valence-corrected chi connectivity index (χ3v) is 2.65. The Bertz CT molecular complexity index is 567. The van der Waals surface area contributed by atoms with Crippen molar-refractivity contribution in [2.45, 2.75) is 13.5 Å². The molecule has 0 aliphatic carbocycles. The molecule has 1 aromatic carbocycles. The molecule has 0 saturated carbocycles. The van der Waals surface area contributed by atoms with Gasteiger partial charge in [0.05, 0.1) is 7.11 Å². The van der Waals surface area contributed by atoms with E-state index in [1.807, 2.05) is 31.2 Å². The second-order valence-electron chi connectivity index (χ2n) is 4.08. The fourth-order valence-corrected chi connectivity index (χ4v) is 1.59. The van der Waals surface area contributed by atoms with Crippen LogP contribution in [0.5, 0.6) is 5.75 Å². The van der Waals surface area contributed by atoms with Crippen LogP contribution in [0.2, 0.25) is 0 Å². The first-order valence-corrected chi connectivity index (χ1v) is 5.89. The minimum absolute atomic E-state index is 0.207. The van der Waals surface area contributed by atoms with E-state index in [0.717, 1.165) is 17.0 Å². The smallest absolute Gasteiger partial charge is 0.270 e. The summed E-state index contributed by atoms with van der Waals surface area (Å²) >= 11 is 0. The molecule has 0 unspecified atom stereocenters. The van der Waals surface area contributed by atoms with E-state index in [-0.39, 0.29) is 5.91 Å². The number of hydrogen-bond acceptors (Lipinski definition) is 4. The van der Waals surface area contributed by atoms with Crippen molar-refractivity contribution in [2.75, 3.05) is 7.11 Å². The minimum atomic E-state index is -0.207. The third-order valence-electron chi connectivity index (χ3n) is 2.65. The highest BCUT2D eigenvalue weighted by Gasteiger charge is 2.07. The molecule has 0 aliphatic heterocycles. The Morgan fingerprint density at radius 2 is 2.00 bits per heavy atom. The standard InChI is InChI=1S/C14H15N3O2/c1-10-7-13(17-9-16-10)14(18)15-8-11-3-5-12(19-2)6-4-11/h3-7,9H,8H2,1-2H3,(H,15,18). The molecule has 1 heterocycles. The number of aromatic nitrogens is 2. The fraction of sp³-hybridized carbons (Fsp3) is 0.214. The summed E-state index contributed by atoms with van der Waals surface area (Å²) in [6.07, 6.45) is 1.39. The number of carbonyl (C=O) groups excluding carboxylic acids is 1. The lowest BCUT2D eigenvalue weighted by Gasteiger charge is -2.06. The van der Waals surface area contributed by atoms with Gasteiger partial charge in [-0.3, -0.25) is 4.79 Å². The number of aryl methyl sites for hydroxylation is 1. The number of benzene rings is 1. The Hall–Kier alpha value is -2.43. The van der Waals surface area contributed by atoms with Gasteiger partial charge >= 0.3 is 0 Å². The van der Waals surface area contributed by atoms with Gasteiger partial charge in [0, 0.05) is 12.2 Å². The number of nitrogens with zero attached hydrogens (tertiary/aromatic N) is 2. The van der Waals surface area contributed by atoms with E-state index in [0.29, 0.717) is 12.2 Å². The second-order valence-corrected chi connectivity index (χ2v) is 4.08. The average Bonchev–Trinajstić information content (AvgIpc) is 2.45. The number of amides is 1. The monoisotopic (exact) mass is 257 g/mol. The average molecular weight is 257 g/mol. The maximum absolute atomic E-state index is 11.9. The lowest BCUT2D eigenvalue weighted by atomic mass is 10.2. The van der Waals surface area contributed by atoms with Gasteiger partial charge in [0.25, 0.3) is 5.91 Å². The molecule has 0 spiro atoms. The van der Waals surface area contributed by atoms with E-state index in [4.69, 9.17) is 4.74 Å². The molecule has 98 valence electrons. The topological polar surface area (TPSA) is 64.1 Å². The number of methoxy groups -OCH3 is 1. The molecule has 5 nitrogen and oxygen atoms in total. The molecular weight excluding hydrogens is 242 g/mol. The maximum atomic E-state index is 11.9. The van der Waals surface area contributed by atoms with Crippen LogP contribution in [0.1, 0.15) is 21.7 Å². The minimum Gasteiger partial charge on any atom is -0.497 e. The quantitative estimate of drug-likeness (QED) is 0.905. The molecule has 0 bridgehead atoms. The van der Waals surface area contributed by atoms with E-state index in [1.54, 1.807) is 13.2 Å². The lowest BCUT2D eigenvalue weighted by molar-refractivity contribution is 0.0945. The van der Waals surface area contributed by atoms with Crippen molar-refractivity contribution in [3.63, 3.8) is 0 Å². The predicted octanol–water partition coefficient (Wildman–Crippen LogP) is 1.72. The predicted molar refractivity (Wildman–Crippen MR) is 70.9 cm³/mol. The van der Waals surface area contributed by atoms with Crippen LogP contribution in [0.4, 0.5) is 0 Å². The molecule has 2 rings (SSSR count). The van der Waals surface area contributed by atoms with Crippen LogP contribution in [-0.2, 0) is 6.54 Å². The Kier molecular flexibility index (Phi) is 4.07. The van der Waals surface area contributed by atoms with Gasteiger partial charge in [-0.25, -0.2) is 9.97 Å². The van der Waals surface area contributed by atoms with Gasteiger partial charge in [0.2, 0.25) is 0 Å². The van der Waals surface area contributed by atoms with Gasteiger partial charge in [0.1, 0.15) is 17.8 Å². The van der Waals surface area contributed by atoms with Gasteiger partial charge in [-0.2, -0.15) is 0 Å². The first-order chi connectivity index (χ1) is 9.19. The second kappa shape index (κ2) is 5.95. The van der Waals surface area contributed by atoms with Crippen LogP contribution in [0.25, 0.3) is 0 Å². The molecule has 1 N–H and O–H groups in total. The zero-order chi connectivity index (χ0) is 13.7. The molecule has 0 aliphatic rings. The SMILES string of the molecule is COc1ccc(CNC(=O)c2cc(C)ncn2)cc1. The van der Waals surface area contributed by atoms with E-state index in [9.17, 15) is 4.79 Å². The molecule has 5 heteroatoms. The fourth-order valence-electron chi connectivity index (χ4n) is 1.59. The van der Waals surface area contributed by atoms with Crippen LogP contribution in [-0.4, -0.2) is 23.0 Å². The molecule has 0 fully saturated rings. The largest absolute Gasteiger partial charge is 0.497 e. The Morgan fingerprint density at radius 3 is 2.63 bits per heavy atom. The molecule has 0 saturated heterocycles. The molecule has 1 aromatic heterocycles. The zero-order valence-corrected chi connectivity index (χ0v) is 10.9. The van der Waals surface area contributed by atoms with Gasteiger partial charge < -0.3 is 10.1 Å². The molecule has 0 radical (unpaired) electrons. The van der Waals surface area contributed by atoms with Crippen molar-refractivity contribution in [2.24, 2.45) is 0 Å². The van der Waals surface area contributed by atoms with Crippen LogP contribution < -0.4 is 10.1 Å². The first-order valence-electron chi connectivity index (χ1n) is 5.89. The summed E-state index contributed by atoms with van der Waals surface area (Å²) in [5.41, 5.74) is 2.14. The van der Waals surface area contributed by atoms with Crippen molar-refractivity contribution in [3.8, 4) is 5.75 Å². The van der Waals surface area contributed by atoms with Crippen molar-refractivity contribution in [1.82, 2.24) is 15.3 Å². The van der Waals surface area contributed by atoms with Crippen LogP contribution in [0.15, 0.2) is 36.7 Å². The number of rotatable bonds is 4. The van der Waals surface area contributed by atoms with E-state index in [1.165, 1.54) is 6.33 Å².